The first-order valence-corrected chi connectivity index (χ1v) is 11.5. The summed E-state index contributed by atoms with van der Waals surface area (Å²) < 4.78 is 11.3. The van der Waals surface area contributed by atoms with Crippen molar-refractivity contribution in [3.8, 4) is 11.5 Å². The molecule has 1 amide bonds. The first-order chi connectivity index (χ1) is 15.7. The molecule has 0 spiro atoms. The Morgan fingerprint density at radius 2 is 2.00 bits per heavy atom. The van der Waals surface area contributed by atoms with Crippen LogP contribution in [0, 0.1) is 0 Å². The molecule has 2 aliphatic heterocycles. The number of nitrogens with one attached hydrogen (secondary N) is 1. The SMILES string of the molecule is O=C1CCc2ccc(OCCCCN3CCC(c4noc5ccc(O)cc45)CC3)cc2N1. The lowest BCUT2D eigenvalue weighted by atomic mass is 9.91. The van der Waals surface area contributed by atoms with E-state index in [4.69, 9.17) is 9.26 Å². The minimum Gasteiger partial charge on any atom is -0.508 e. The van der Waals surface area contributed by atoms with Gasteiger partial charge in [0.1, 0.15) is 11.5 Å². The van der Waals surface area contributed by atoms with Gasteiger partial charge in [-0.15, -0.1) is 0 Å². The van der Waals surface area contributed by atoms with Crippen molar-refractivity contribution in [2.45, 2.75) is 44.4 Å². The van der Waals surface area contributed by atoms with E-state index >= 15 is 0 Å². The maximum absolute atomic E-state index is 11.6. The largest absolute Gasteiger partial charge is 0.508 e. The minimum atomic E-state index is 0.0771. The van der Waals surface area contributed by atoms with E-state index < -0.39 is 0 Å². The number of amides is 1. The Labute approximate surface area is 187 Å². The molecule has 0 bridgehead atoms. The molecule has 2 aromatic carbocycles. The topological polar surface area (TPSA) is 87.8 Å². The number of aryl methyl sites for hydroxylation is 1. The summed E-state index contributed by atoms with van der Waals surface area (Å²) in [7, 11) is 0. The van der Waals surface area contributed by atoms with E-state index in [1.165, 1.54) is 5.56 Å². The summed E-state index contributed by atoms with van der Waals surface area (Å²) in [4.78, 5) is 14.1. The maximum Gasteiger partial charge on any atom is 0.224 e. The van der Waals surface area contributed by atoms with Gasteiger partial charge in [0.2, 0.25) is 5.91 Å². The second-order valence-electron chi connectivity index (χ2n) is 8.79. The van der Waals surface area contributed by atoms with Crippen molar-refractivity contribution in [1.29, 1.82) is 0 Å². The van der Waals surface area contributed by atoms with Gasteiger partial charge >= 0.3 is 0 Å². The Bertz CT molecular complexity index is 1100. The van der Waals surface area contributed by atoms with E-state index in [1.54, 1.807) is 18.2 Å². The van der Waals surface area contributed by atoms with Crippen LogP contribution in [0.3, 0.4) is 0 Å². The van der Waals surface area contributed by atoms with E-state index in [2.05, 4.69) is 15.4 Å². The molecule has 0 aliphatic carbocycles. The summed E-state index contributed by atoms with van der Waals surface area (Å²) in [5, 5.41) is 17.9. The Kier molecular flexibility index (Phi) is 5.99. The number of piperidine rings is 1. The molecule has 1 aromatic heterocycles. The van der Waals surface area contributed by atoms with Crippen molar-refractivity contribution >= 4 is 22.6 Å². The van der Waals surface area contributed by atoms with Crippen LogP contribution in [0.25, 0.3) is 11.0 Å². The van der Waals surface area contributed by atoms with Crippen molar-refractivity contribution < 1.29 is 19.2 Å². The average Bonchev–Trinajstić information content (AvgIpc) is 3.22. The lowest BCUT2D eigenvalue weighted by Crippen LogP contribution is -2.34. The van der Waals surface area contributed by atoms with Crippen LogP contribution in [0.15, 0.2) is 40.9 Å². The molecule has 3 heterocycles. The van der Waals surface area contributed by atoms with Gasteiger partial charge in [0.05, 0.1) is 12.3 Å². The summed E-state index contributed by atoms with van der Waals surface area (Å²) in [5.74, 6) is 1.52. The molecule has 3 aromatic rings. The number of hydrogen-bond acceptors (Lipinski definition) is 6. The highest BCUT2D eigenvalue weighted by atomic mass is 16.5. The van der Waals surface area contributed by atoms with E-state index in [9.17, 15) is 9.90 Å². The van der Waals surface area contributed by atoms with Crippen molar-refractivity contribution in [3.05, 3.63) is 47.7 Å². The molecule has 32 heavy (non-hydrogen) atoms. The molecule has 7 heteroatoms. The molecule has 7 nitrogen and oxygen atoms in total. The molecule has 168 valence electrons. The number of phenols is 1. The zero-order chi connectivity index (χ0) is 21.9. The second kappa shape index (κ2) is 9.20. The van der Waals surface area contributed by atoms with Gasteiger partial charge in [0.25, 0.3) is 0 Å². The zero-order valence-electron chi connectivity index (χ0n) is 18.2. The van der Waals surface area contributed by atoms with E-state index in [-0.39, 0.29) is 11.7 Å². The molecular formula is C25H29N3O4. The number of carbonyl (C=O) groups is 1. The fraction of sp³-hybridized carbons (Fsp3) is 0.440. The summed E-state index contributed by atoms with van der Waals surface area (Å²) in [6, 6.07) is 11.1. The zero-order valence-corrected chi connectivity index (χ0v) is 18.2. The number of likely N-dealkylation sites (tertiary alicyclic amines) is 1. The van der Waals surface area contributed by atoms with E-state index in [0.717, 1.165) is 79.8 Å². The van der Waals surface area contributed by atoms with Crippen LogP contribution < -0.4 is 10.1 Å². The second-order valence-corrected chi connectivity index (χ2v) is 8.79. The fourth-order valence-corrected chi connectivity index (χ4v) is 4.74. The van der Waals surface area contributed by atoms with Gasteiger partial charge in [0.15, 0.2) is 5.58 Å². The third-order valence-electron chi connectivity index (χ3n) is 6.57. The highest BCUT2D eigenvalue weighted by Gasteiger charge is 2.25. The molecule has 0 unspecified atom stereocenters. The Morgan fingerprint density at radius 1 is 1.12 bits per heavy atom. The molecule has 0 radical (unpaired) electrons. The van der Waals surface area contributed by atoms with Gasteiger partial charge in [-0.3, -0.25) is 4.79 Å². The Morgan fingerprint density at radius 3 is 2.88 bits per heavy atom. The van der Waals surface area contributed by atoms with E-state index in [1.807, 2.05) is 18.2 Å². The highest BCUT2D eigenvalue weighted by Crippen LogP contribution is 2.34. The van der Waals surface area contributed by atoms with Crippen LogP contribution >= 0.6 is 0 Å². The van der Waals surface area contributed by atoms with Crippen molar-refractivity contribution in [3.63, 3.8) is 0 Å². The Hall–Kier alpha value is -3.06. The number of hydrogen-bond donors (Lipinski definition) is 2. The molecule has 0 saturated carbocycles. The van der Waals surface area contributed by atoms with Gasteiger partial charge in [-0.1, -0.05) is 11.2 Å². The summed E-state index contributed by atoms with van der Waals surface area (Å²) in [6.45, 7) is 3.83. The average molecular weight is 436 g/mol. The number of unbranched alkanes of at least 4 members (excludes halogenated alkanes) is 1. The lowest BCUT2D eigenvalue weighted by Gasteiger charge is -2.31. The number of nitrogens with zero attached hydrogens (tertiary/aromatic N) is 2. The minimum absolute atomic E-state index is 0.0771. The van der Waals surface area contributed by atoms with Crippen molar-refractivity contribution in [2.24, 2.45) is 0 Å². The number of benzene rings is 2. The third kappa shape index (κ3) is 4.58. The molecule has 2 aliphatic rings. The van der Waals surface area contributed by atoms with Crippen molar-refractivity contribution in [1.82, 2.24) is 10.1 Å². The molecule has 5 rings (SSSR count). The summed E-state index contributed by atoms with van der Waals surface area (Å²) >= 11 is 0. The monoisotopic (exact) mass is 435 g/mol. The van der Waals surface area contributed by atoms with Gasteiger partial charge in [-0.25, -0.2) is 0 Å². The van der Waals surface area contributed by atoms with E-state index in [0.29, 0.717) is 18.9 Å². The number of fused-ring (bicyclic) bond motifs is 2. The van der Waals surface area contributed by atoms with Crippen LogP contribution in [-0.4, -0.2) is 47.3 Å². The van der Waals surface area contributed by atoms with Crippen LogP contribution in [0.5, 0.6) is 11.5 Å². The number of ether oxygens (including phenoxy) is 1. The van der Waals surface area contributed by atoms with Crippen molar-refractivity contribution in [2.75, 3.05) is 31.6 Å². The predicted molar refractivity (Wildman–Crippen MR) is 122 cm³/mol. The van der Waals surface area contributed by atoms with Crippen LogP contribution in [0.4, 0.5) is 5.69 Å². The normalized spacial score (nSPS) is 17.3. The van der Waals surface area contributed by atoms with Gasteiger partial charge < -0.3 is 24.6 Å². The van der Waals surface area contributed by atoms with Gasteiger partial charge in [-0.2, -0.15) is 0 Å². The highest BCUT2D eigenvalue weighted by molar-refractivity contribution is 5.94. The van der Waals surface area contributed by atoms with Gasteiger partial charge in [-0.05, 0) is 81.6 Å². The summed E-state index contributed by atoms with van der Waals surface area (Å²) in [5.41, 5.74) is 3.78. The summed E-state index contributed by atoms with van der Waals surface area (Å²) in [6.07, 6.45) is 5.55. The standard InChI is InChI=1S/C25H29N3O4/c29-19-5-7-23-21(15-19)25(27-32-23)18-9-12-28(13-10-18)11-1-2-14-31-20-6-3-17-4-8-24(30)26-22(17)16-20/h3,5-7,15-16,18,29H,1-2,4,8-14H2,(H,26,30). The number of aromatic hydroxyl groups is 1. The third-order valence-corrected chi connectivity index (χ3v) is 6.57. The first-order valence-electron chi connectivity index (χ1n) is 11.5. The number of aromatic nitrogens is 1. The number of rotatable bonds is 7. The lowest BCUT2D eigenvalue weighted by molar-refractivity contribution is -0.116. The molecule has 1 saturated heterocycles. The van der Waals surface area contributed by atoms with Crippen LogP contribution in [0.1, 0.15) is 49.3 Å². The predicted octanol–water partition coefficient (Wildman–Crippen LogP) is 4.46. The quantitative estimate of drug-likeness (QED) is 0.533. The first kappa shape index (κ1) is 20.8. The molecular weight excluding hydrogens is 406 g/mol. The molecule has 2 N–H and O–H groups in total. The smallest absolute Gasteiger partial charge is 0.224 e. The number of anilines is 1. The molecule has 0 atom stereocenters. The van der Waals surface area contributed by atoms with Crippen LogP contribution in [-0.2, 0) is 11.2 Å². The Balaban J connectivity index is 1.04. The molecule has 1 fully saturated rings. The van der Waals surface area contributed by atoms with Crippen LogP contribution in [0.2, 0.25) is 0 Å². The maximum atomic E-state index is 11.6. The number of phenolic OH excluding ortho intramolecular Hbond substituents is 1. The fourth-order valence-electron chi connectivity index (χ4n) is 4.74. The number of carbonyl (C=O) groups excluding carboxylic acids is 1. The van der Waals surface area contributed by atoms with Gasteiger partial charge in [0, 0.05) is 29.5 Å².